The SMILES string of the molecule is c1ccc(-c2cccc(-c3ccccc3)c2N2c3cc(-n4c5ccccc5c5ccccc54)ccc3B3c4ccc(-n5c6ccccc6c6ccccc65)cc4N(c4c(-c5ccccc5)cccc4-c4ccccc4)c4cc(-c5ccc(-c6ccccn6)cc5)cc2c43)cc1. The number of aromatic nitrogens is 3. The number of nitrogens with zero attached hydrogens (tertiary/aromatic N) is 5. The first-order valence-electron chi connectivity index (χ1n) is 32.7. The van der Waals surface area contributed by atoms with Gasteiger partial charge in [0.15, 0.2) is 0 Å². The van der Waals surface area contributed by atoms with Crippen LogP contribution in [0.1, 0.15) is 0 Å². The average molecular weight is 1210 g/mol. The fourth-order valence-corrected chi connectivity index (χ4v) is 15.6. The van der Waals surface area contributed by atoms with Crippen LogP contribution in [0.15, 0.2) is 352 Å². The molecular formula is C89H58BN5. The largest absolute Gasteiger partial charge is 0.310 e. The molecule has 0 saturated carbocycles. The Labute approximate surface area is 551 Å². The van der Waals surface area contributed by atoms with Gasteiger partial charge in [0.25, 0.3) is 6.71 Å². The molecule has 2 aliphatic rings. The van der Waals surface area contributed by atoms with E-state index in [1.807, 2.05) is 12.3 Å². The first kappa shape index (κ1) is 54.3. The molecule has 95 heavy (non-hydrogen) atoms. The van der Waals surface area contributed by atoms with Gasteiger partial charge in [-0.15, -0.1) is 0 Å². The molecule has 6 heteroatoms. The van der Waals surface area contributed by atoms with Crippen molar-refractivity contribution in [2.75, 3.05) is 9.80 Å². The van der Waals surface area contributed by atoms with Crippen LogP contribution in [0.2, 0.25) is 0 Å². The van der Waals surface area contributed by atoms with E-state index >= 15 is 0 Å². The second kappa shape index (κ2) is 22.1. The topological polar surface area (TPSA) is 29.2 Å². The molecule has 442 valence electrons. The highest BCUT2D eigenvalue weighted by molar-refractivity contribution is 7.00. The van der Waals surface area contributed by atoms with E-state index in [1.165, 1.54) is 37.9 Å². The van der Waals surface area contributed by atoms with Gasteiger partial charge in [-0.1, -0.05) is 273 Å². The lowest BCUT2D eigenvalue weighted by atomic mass is 9.33. The van der Waals surface area contributed by atoms with Gasteiger partial charge in [0.2, 0.25) is 0 Å². The van der Waals surface area contributed by atoms with Gasteiger partial charge in [0.1, 0.15) is 0 Å². The van der Waals surface area contributed by atoms with E-state index in [4.69, 9.17) is 4.98 Å². The van der Waals surface area contributed by atoms with Crippen LogP contribution < -0.4 is 26.2 Å². The molecule has 5 nitrogen and oxygen atoms in total. The molecule has 0 atom stereocenters. The summed E-state index contributed by atoms with van der Waals surface area (Å²) in [7, 11) is 0. The number of para-hydroxylation sites is 6. The lowest BCUT2D eigenvalue weighted by Crippen LogP contribution is -2.61. The van der Waals surface area contributed by atoms with Crippen LogP contribution in [-0.2, 0) is 0 Å². The highest BCUT2D eigenvalue weighted by Crippen LogP contribution is 2.54. The third kappa shape index (κ3) is 8.69. The third-order valence-corrected chi connectivity index (χ3v) is 19.8. The number of fused-ring (bicyclic) bond motifs is 10. The van der Waals surface area contributed by atoms with E-state index in [-0.39, 0.29) is 6.71 Å². The van der Waals surface area contributed by atoms with E-state index in [2.05, 4.69) is 359 Å². The van der Waals surface area contributed by atoms with Crippen LogP contribution in [0, 0.1) is 0 Å². The predicted octanol–water partition coefficient (Wildman–Crippen LogP) is 21.4. The van der Waals surface area contributed by atoms with Crippen molar-refractivity contribution in [3.63, 3.8) is 0 Å². The fourth-order valence-electron chi connectivity index (χ4n) is 15.6. The van der Waals surface area contributed by atoms with Crippen LogP contribution in [0.25, 0.3) is 122 Å². The number of hydrogen-bond acceptors (Lipinski definition) is 3. The lowest BCUT2D eigenvalue weighted by Gasteiger charge is -2.46. The molecule has 0 bridgehead atoms. The Morgan fingerprint density at radius 3 is 0.958 bits per heavy atom. The zero-order chi connectivity index (χ0) is 62.5. The number of rotatable bonds is 10. The highest BCUT2D eigenvalue weighted by atomic mass is 15.2. The quantitative estimate of drug-likeness (QED) is 0.128. The standard InChI is InChI=1S/C89H58BN5/c1-5-25-60(26-6-1)68-37-23-38-69(61-27-7-2-8-28-61)88(68)94-83-57-66(92-79-42-17-13-33-72(79)73-34-14-18-43-80(73)92)50-52-76(83)90-77-53-51-67(93-81-44-19-15-35-74(81)75-36-16-20-45-82(75)93)58-84(77)95(89-70(62-29-9-3-10-30-62)39-24-40-71(89)63-31-11-4-12-32-63)86-56-65(55-85(94)87(86)90)59-46-48-64(49-47-59)78-41-21-22-54-91-78/h1-58H. The normalized spacial score (nSPS) is 12.4. The van der Waals surface area contributed by atoms with Crippen molar-refractivity contribution < 1.29 is 0 Å². The fraction of sp³-hybridized carbons (Fsp3) is 0. The van der Waals surface area contributed by atoms with Crippen LogP contribution in [0.5, 0.6) is 0 Å². The van der Waals surface area contributed by atoms with Crippen LogP contribution in [-0.4, -0.2) is 20.8 Å². The maximum Gasteiger partial charge on any atom is 0.252 e. The molecule has 5 heterocycles. The van der Waals surface area contributed by atoms with Gasteiger partial charge in [-0.3, -0.25) is 4.98 Å². The molecule has 2 aliphatic heterocycles. The molecule has 0 fully saturated rings. The van der Waals surface area contributed by atoms with Crippen molar-refractivity contribution in [3.05, 3.63) is 352 Å². The summed E-state index contributed by atoms with van der Waals surface area (Å²) in [6.07, 6.45) is 1.88. The molecule has 0 unspecified atom stereocenters. The molecule has 3 aromatic heterocycles. The Balaban J connectivity index is 0.988. The minimum absolute atomic E-state index is 0.245. The molecular weight excluding hydrogens is 1150 g/mol. The molecule has 19 rings (SSSR count). The maximum absolute atomic E-state index is 4.82. The predicted molar refractivity (Wildman–Crippen MR) is 400 cm³/mol. The van der Waals surface area contributed by atoms with Gasteiger partial charge in [0, 0.05) is 89.7 Å². The summed E-state index contributed by atoms with van der Waals surface area (Å²) in [5, 5.41) is 4.88. The van der Waals surface area contributed by atoms with Gasteiger partial charge < -0.3 is 18.9 Å². The second-order valence-corrected chi connectivity index (χ2v) is 24.9. The van der Waals surface area contributed by atoms with Crippen molar-refractivity contribution in [2.45, 2.75) is 0 Å². The lowest BCUT2D eigenvalue weighted by molar-refractivity contribution is 1.17. The van der Waals surface area contributed by atoms with E-state index in [9.17, 15) is 0 Å². The first-order chi connectivity index (χ1) is 47.2. The Morgan fingerprint density at radius 1 is 0.242 bits per heavy atom. The van der Waals surface area contributed by atoms with Crippen molar-refractivity contribution >= 4 is 101 Å². The van der Waals surface area contributed by atoms with Gasteiger partial charge in [-0.25, -0.2) is 0 Å². The number of pyridine rings is 1. The monoisotopic (exact) mass is 1210 g/mol. The molecule has 0 spiro atoms. The van der Waals surface area contributed by atoms with E-state index < -0.39 is 0 Å². The summed E-state index contributed by atoms with van der Waals surface area (Å²) in [6, 6.07) is 128. The first-order valence-corrected chi connectivity index (χ1v) is 32.7. The molecule has 0 amide bonds. The van der Waals surface area contributed by atoms with Gasteiger partial charge in [-0.05, 0) is 123 Å². The summed E-state index contributed by atoms with van der Waals surface area (Å²) in [6.45, 7) is -0.245. The van der Waals surface area contributed by atoms with Crippen molar-refractivity contribution in [3.8, 4) is 78.3 Å². The van der Waals surface area contributed by atoms with Crippen molar-refractivity contribution in [1.29, 1.82) is 0 Å². The summed E-state index contributed by atoms with van der Waals surface area (Å²) in [5.74, 6) is 0. The molecule has 0 aliphatic carbocycles. The summed E-state index contributed by atoms with van der Waals surface area (Å²) < 4.78 is 4.95. The highest BCUT2D eigenvalue weighted by Gasteiger charge is 2.46. The minimum Gasteiger partial charge on any atom is -0.310 e. The average Bonchev–Trinajstić information content (AvgIpc) is 0.704. The van der Waals surface area contributed by atoms with Crippen molar-refractivity contribution in [1.82, 2.24) is 14.1 Å². The van der Waals surface area contributed by atoms with E-state index in [1.54, 1.807) is 0 Å². The summed E-state index contributed by atoms with van der Waals surface area (Å²) in [4.78, 5) is 10.1. The van der Waals surface area contributed by atoms with E-state index in [0.29, 0.717) is 0 Å². The summed E-state index contributed by atoms with van der Waals surface area (Å²) in [5.41, 5.74) is 30.3. The Bertz CT molecular complexity index is 5310. The second-order valence-electron chi connectivity index (χ2n) is 24.9. The zero-order valence-corrected chi connectivity index (χ0v) is 51.8. The maximum atomic E-state index is 4.82. The number of hydrogen-bond donors (Lipinski definition) is 0. The van der Waals surface area contributed by atoms with Gasteiger partial charge in [-0.2, -0.15) is 0 Å². The van der Waals surface area contributed by atoms with E-state index in [0.717, 1.165) is 134 Å². The smallest absolute Gasteiger partial charge is 0.252 e. The third-order valence-electron chi connectivity index (χ3n) is 19.8. The minimum atomic E-state index is -0.245. The molecule has 0 radical (unpaired) electrons. The molecule has 14 aromatic carbocycles. The van der Waals surface area contributed by atoms with Crippen molar-refractivity contribution in [2.24, 2.45) is 0 Å². The molecule has 17 aromatic rings. The Morgan fingerprint density at radius 2 is 0.589 bits per heavy atom. The summed E-state index contributed by atoms with van der Waals surface area (Å²) >= 11 is 0. The zero-order valence-electron chi connectivity index (χ0n) is 51.8. The van der Waals surface area contributed by atoms with Gasteiger partial charge in [0.05, 0.1) is 39.1 Å². The number of benzene rings is 14. The Hall–Kier alpha value is -12.5. The van der Waals surface area contributed by atoms with Crippen LogP contribution >= 0.6 is 0 Å². The van der Waals surface area contributed by atoms with Crippen LogP contribution in [0.3, 0.4) is 0 Å². The van der Waals surface area contributed by atoms with Crippen LogP contribution in [0.4, 0.5) is 34.1 Å². The van der Waals surface area contributed by atoms with Gasteiger partial charge >= 0.3 is 0 Å². The number of anilines is 6. The molecule has 0 saturated heterocycles. The molecule has 0 N–H and O–H groups in total. The Kier molecular flexibility index (Phi) is 12.6.